The van der Waals surface area contributed by atoms with Crippen LogP contribution in [0.15, 0.2) is 48.8 Å². The van der Waals surface area contributed by atoms with Gasteiger partial charge in [-0.05, 0) is 61.2 Å². The third-order valence-electron chi connectivity index (χ3n) is 5.16. The van der Waals surface area contributed by atoms with Crippen LogP contribution in [0.2, 0.25) is 0 Å². The summed E-state index contributed by atoms with van der Waals surface area (Å²) >= 11 is 1.73. The summed E-state index contributed by atoms with van der Waals surface area (Å²) in [6.07, 6.45) is 7.27. The van der Waals surface area contributed by atoms with Gasteiger partial charge < -0.3 is 4.74 Å². The van der Waals surface area contributed by atoms with Gasteiger partial charge in [0.15, 0.2) is 11.6 Å². The molecule has 3 heterocycles. The number of ketones is 1. The number of rotatable bonds is 5. The van der Waals surface area contributed by atoms with E-state index in [0.717, 1.165) is 35.0 Å². The molecule has 0 saturated heterocycles. The molecule has 0 atom stereocenters. The summed E-state index contributed by atoms with van der Waals surface area (Å²) in [5.74, 6) is 1.96. The number of fused-ring (bicyclic) bond motifs is 3. The number of hydrogen-bond donors (Lipinski definition) is 0. The van der Waals surface area contributed by atoms with Gasteiger partial charge in [0.25, 0.3) is 0 Å². The number of thiophene rings is 1. The maximum absolute atomic E-state index is 11.9. The van der Waals surface area contributed by atoms with Crippen LogP contribution >= 0.6 is 11.3 Å². The number of benzene rings is 1. The van der Waals surface area contributed by atoms with Gasteiger partial charge in [-0.1, -0.05) is 6.92 Å². The molecule has 0 unspecified atom stereocenters. The Morgan fingerprint density at radius 2 is 2.00 bits per heavy atom. The highest BCUT2D eigenvalue weighted by molar-refractivity contribution is 7.19. The molecule has 1 aliphatic carbocycles. The third-order valence-corrected chi connectivity index (χ3v) is 6.35. The zero-order valence-corrected chi connectivity index (χ0v) is 16.8. The van der Waals surface area contributed by atoms with Crippen LogP contribution in [0.25, 0.3) is 21.6 Å². The minimum atomic E-state index is 0.121. The molecule has 1 aromatic carbocycles. The smallest absolute Gasteiger partial charge is 0.231 e. The van der Waals surface area contributed by atoms with Gasteiger partial charge in [0.05, 0.1) is 5.39 Å². The van der Waals surface area contributed by atoms with E-state index in [9.17, 15) is 4.79 Å². The van der Waals surface area contributed by atoms with Gasteiger partial charge >= 0.3 is 0 Å². The average molecular weight is 401 g/mol. The van der Waals surface area contributed by atoms with E-state index in [1.807, 2.05) is 31.2 Å². The third kappa shape index (κ3) is 3.29. The lowest BCUT2D eigenvalue weighted by molar-refractivity contribution is 0.0988. The molecule has 5 nitrogen and oxygen atoms in total. The van der Waals surface area contributed by atoms with Crippen molar-refractivity contribution in [3.63, 3.8) is 0 Å². The van der Waals surface area contributed by atoms with E-state index in [1.165, 1.54) is 10.4 Å². The Morgan fingerprint density at radius 3 is 2.76 bits per heavy atom. The molecule has 5 rings (SSSR count). The molecule has 6 heteroatoms. The van der Waals surface area contributed by atoms with Crippen LogP contribution in [-0.2, 0) is 12.8 Å². The summed E-state index contributed by atoms with van der Waals surface area (Å²) in [4.78, 5) is 28.0. The molecule has 29 heavy (non-hydrogen) atoms. The van der Waals surface area contributed by atoms with Crippen molar-refractivity contribution in [3.8, 4) is 23.0 Å². The Kier molecular flexibility index (Phi) is 4.56. The predicted octanol–water partition coefficient (Wildman–Crippen LogP) is 5.63. The van der Waals surface area contributed by atoms with Crippen LogP contribution in [0.3, 0.4) is 0 Å². The van der Waals surface area contributed by atoms with Gasteiger partial charge in [0.1, 0.15) is 10.6 Å². The molecule has 0 fully saturated rings. The lowest BCUT2D eigenvalue weighted by Crippen LogP contribution is -1.98. The highest BCUT2D eigenvalue weighted by Gasteiger charge is 2.24. The molecule has 4 aromatic rings. The number of aryl methyl sites for hydroxylation is 2. The first-order valence-corrected chi connectivity index (χ1v) is 10.6. The van der Waals surface area contributed by atoms with Crippen molar-refractivity contribution in [1.29, 1.82) is 0 Å². The number of hydrogen-bond acceptors (Lipinski definition) is 6. The molecule has 0 N–H and O–H groups in total. The van der Waals surface area contributed by atoms with Crippen LogP contribution in [0.1, 0.15) is 40.6 Å². The van der Waals surface area contributed by atoms with Crippen molar-refractivity contribution in [3.05, 3.63) is 64.8 Å². The van der Waals surface area contributed by atoms with E-state index in [0.29, 0.717) is 29.4 Å². The molecule has 1 aliphatic rings. The maximum atomic E-state index is 11.9. The first-order chi connectivity index (χ1) is 14.2. The van der Waals surface area contributed by atoms with Crippen LogP contribution in [0.4, 0.5) is 0 Å². The van der Waals surface area contributed by atoms with Gasteiger partial charge in [-0.15, -0.1) is 11.3 Å². The number of carbonyl (C=O) groups excluding carboxylic acids is 1. The highest BCUT2D eigenvalue weighted by Crippen LogP contribution is 2.42. The van der Waals surface area contributed by atoms with E-state index in [1.54, 1.807) is 35.9 Å². The summed E-state index contributed by atoms with van der Waals surface area (Å²) < 4.78 is 6.23. The van der Waals surface area contributed by atoms with Crippen molar-refractivity contribution >= 4 is 27.3 Å². The fourth-order valence-electron chi connectivity index (χ4n) is 3.69. The van der Waals surface area contributed by atoms with Gasteiger partial charge in [-0.3, -0.25) is 9.78 Å². The Hall–Kier alpha value is -3.12. The molecule has 3 aromatic heterocycles. The summed E-state index contributed by atoms with van der Waals surface area (Å²) in [5, 5.41) is 1.02. The molecule has 0 radical (unpaired) electrons. The average Bonchev–Trinajstić information content (AvgIpc) is 3.35. The summed E-state index contributed by atoms with van der Waals surface area (Å²) in [7, 11) is 0. The van der Waals surface area contributed by atoms with Gasteiger partial charge in [0.2, 0.25) is 5.88 Å². The Bertz CT molecular complexity index is 1200. The number of nitrogens with zero attached hydrogens (tertiary/aromatic N) is 3. The fourth-order valence-corrected chi connectivity index (χ4v) is 4.94. The molecule has 0 aliphatic heterocycles. The number of pyridine rings is 1. The number of ether oxygens (including phenoxy) is 1. The molecular formula is C23H19N3O2S. The summed E-state index contributed by atoms with van der Waals surface area (Å²) in [6, 6.07) is 11.1. The van der Waals surface area contributed by atoms with Crippen LogP contribution in [0, 0.1) is 0 Å². The summed E-state index contributed by atoms with van der Waals surface area (Å²) in [6.45, 7) is 1.86. The zero-order valence-electron chi connectivity index (χ0n) is 16.0. The molecule has 0 amide bonds. The van der Waals surface area contributed by atoms with Crippen molar-refractivity contribution in [1.82, 2.24) is 15.0 Å². The Balaban J connectivity index is 1.60. The van der Waals surface area contributed by atoms with E-state index < -0.39 is 0 Å². The highest BCUT2D eigenvalue weighted by atomic mass is 32.1. The molecule has 144 valence electrons. The van der Waals surface area contributed by atoms with E-state index in [2.05, 4.69) is 4.98 Å². The van der Waals surface area contributed by atoms with E-state index in [4.69, 9.17) is 14.7 Å². The van der Waals surface area contributed by atoms with Crippen LogP contribution < -0.4 is 4.74 Å². The van der Waals surface area contributed by atoms with Crippen molar-refractivity contribution in [2.75, 3.05) is 0 Å². The lowest BCUT2D eigenvalue weighted by Gasteiger charge is -2.10. The van der Waals surface area contributed by atoms with Gasteiger partial charge in [-0.25, -0.2) is 4.98 Å². The Labute approximate surface area is 172 Å². The zero-order chi connectivity index (χ0) is 19.8. The maximum Gasteiger partial charge on any atom is 0.231 e. The molecule has 0 bridgehead atoms. The van der Waals surface area contributed by atoms with E-state index in [-0.39, 0.29) is 5.78 Å². The van der Waals surface area contributed by atoms with Gasteiger partial charge in [-0.2, -0.15) is 4.98 Å². The first-order valence-electron chi connectivity index (χ1n) is 9.76. The van der Waals surface area contributed by atoms with Crippen molar-refractivity contribution in [2.24, 2.45) is 0 Å². The normalized spacial score (nSPS) is 12.9. The fraction of sp³-hybridized carbons (Fsp3) is 0.217. The lowest BCUT2D eigenvalue weighted by atomic mass is 10.1. The minimum Gasteiger partial charge on any atom is -0.438 e. The second-order valence-corrected chi connectivity index (χ2v) is 8.12. The monoisotopic (exact) mass is 401 g/mol. The topological polar surface area (TPSA) is 65.0 Å². The minimum absolute atomic E-state index is 0.121. The summed E-state index contributed by atoms with van der Waals surface area (Å²) in [5.41, 5.74) is 2.87. The predicted molar refractivity (Wildman–Crippen MR) is 114 cm³/mol. The van der Waals surface area contributed by atoms with Crippen LogP contribution in [-0.4, -0.2) is 20.7 Å². The quantitative estimate of drug-likeness (QED) is 0.406. The number of Topliss-reactive ketones (excluding diaryl/α,β-unsaturated/α-hetero) is 1. The van der Waals surface area contributed by atoms with Crippen LogP contribution in [0.5, 0.6) is 11.6 Å². The second kappa shape index (κ2) is 7.37. The number of aromatic nitrogens is 3. The number of carbonyl (C=O) groups is 1. The largest absolute Gasteiger partial charge is 0.438 e. The SMILES string of the molecule is CCC(=O)c1ccc(Oc2nc(-c3cccnc3)nc3sc4c(c23)CCC4)cc1. The molecule has 0 saturated carbocycles. The molecular weight excluding hydrogens is 382 g/mol. The van der Waals surface area contributed by atoms with Gasteiger partial charge in [0, 0.05) is 34.8 Å². The van der Waals surface area contributed by atoms with E-state index >= 15 is 0 Å². The second-order valence-electron chi connectivity index (χ2n) is 7.03. The Morgan fingerprint density at radius 1 is 1.14 bits per heavy atom. The molecule has 0 spiro atoms. The standard InChI is InChI=1S/C23H19N3O2S/c1-2-18(27)14-8-10-16(11-9-14)28-22-20-17-6-3-7-19(17)29-23(20)26-21(25-22)15-5-4-12-24-13-15/h4-5,8-13H,2-3,6-7H2,1H3. The van der Waals surface area contributed by atoms with Crippen molar-refractivity contribution in [2.45, 2.75) is 32.6 Å². The van der Waals surface area contributed by atoms with Crippen molar-refractivity contribution < 1.29 is 9.53 Å². The first kappa shape index (κ1) is 17.9.